The Morgan fingerprint density at radius 2 is 1.80 bits per heavy atom. The highest BCUT2D eigenvalue weighted by Crippen LogP contribution is 2.34. The van der Waals surface area contributed by atoms with E-state index in [4.69, 9.17) is 17.3 Å². The minimum Gasteiger partial charge on any atom is -0.398 e. The number of sulfonamides is 1. The van der Waals surface area contributed by atoms with E-state index < -0.39 is 10.0 Å². The van der Waals surface area contributed by atoms with Gasteiger partial charge < -0.3 is 5.73 Å². The summed E-state index contributed by atoms with van der Waals surface area (Å²) < 4.78 is 27.3. The zero-order chi connectivity index (χ0) is 15.1. The average Bonchev–Trinajstić information content (AvgIpc) is 2.33. The molecule has 0 spiro atoms. The monoisotopic (exact) mass is 316 g/mol. The second kappa shape index (κ2) is 5.54. The van der Waals surface area contributed by atoms with Gasteiger partial charge in [-0.1, -0.05) is 18.0 Å². The Balaban J connectivity index is 2.52. The summed E-state index contributed by atoms with van der Waals surface area (Å²) >= 11 is 6.14. The minimum absolute atomic E-state index is 0.0117. The summed E-state index contributed by atoms with van der Waals surface area (Å²) in [5.74, 6) is 0. The number of benzene rings is 1. The summed E-state index contributed by atoms with van der Waals surface area (Å²) in [5.41, 5.74) is 7.08. The topological polar surface area (TPSA) is 63.4 Å². The van der Waals surface area contributed by atoms with E-state index in [1.807, 2.05) is 20.8 Å². The van der Waals surface area contributed by atoms with Crippen LogP contribution in [0.3, 0.4) is 0 Å². The van der Waals surface area contributed by atoms with Gasteiger partial charge >= 0.3 is 0 Å². The predicted molar refractivity (Wildman–Crippen MR) is 82.4 cm³/mol. The fourth-order valence-electron chi connectivity index (χ4n) is 2.85. The van der Waals surface area contributed by atoms with Crippen molar-refractivity contribution in [1.29, 1.82) is 0 Å². The molecule has 0 saturated carbocycles. The van der Waals surface area contributed by atoms with Crippen LogP contribution in [-0.2, 0) is 10.0 Å². The molecule has 1 saturated heterocycles. The first kappa shape index (κ1) is 15.6. The maximum atomic E-state index is 12.9. The number of halogens is 1. The van der Waals surface area contributed by atoms with E-state index in [9.17, 15) is 8.42 Å². The van der Waals surface area contributed by atoms with Crippen molar-refractivity contribution in [3.05, 3.63) is 22.7 Å². The lowest BCUT2D eigenvalue weighted by Crippen LogP contribution is -2.47. The Hall–Kier alpha value is -0.780. The molecule has 1 aliphatic rings. The number of rotatable bonds is 2. The Morgan fingerprint density at radius 1 is 1.25 bits per heavy atom. The van der Waals surface area contributed by atoms with Crippen molar-refractivity contribution in [1.82, 2.24) is 4.31 Å². The number of hydrogen-bond donors (Lipinski definition) is 1. The molecule has 2 N–H and O–H groups in total. The van der Waals surface area contributed by atoms with Crippen LogP contribution in [0, 0.1) is 6.92 Å². The second-order valence-electron chi connectivity index (χ2n) is 5.60. The molecule has 6 heteroatoms. The third kappa shape index (κ3) is 2.67. The van der Waals surface area contributed by atoms with E-state index >= 15 is 0 Å². The minimum atomic E-state index is -3.61. The zero-order valence-electron chi connectivity index (χ0n) is 12.1. The van der Waals surface area contributed by atoms with Gasteiger partial charge in [0.15, 0.2) is 0 Å². The quantitative estimate of drug-likeness (QED) is 0.852. The van der Waals surface area contributed by atoms with Crippen LogP contribution in [0.4, 0.5) is 5.69 Å². The van der Waals surface area contributed by atoms with Crippen molar-refractivity contribution in [2.45, 2.75) is 57.0 Å². The highest BCUT2D eigenvalue weighted by molar-refractivity contribution is 7.89. The molecular weight excluding hydrogens is 296 g/mol. The van der Waals surface area contributed by atoms with Crippen molar-refractivity contribution in [3.63, 3.8) is 0 Å². The third-order valence-electron chi connectivity index (χ3n) is 3.99. The average molecular weight is 317 g/mol. The lowest BCUT2D eigenvalue weighted by molar-refractivity contribution is 0.204. The molecule has 0 radical (unpaired) electrons. The van der Waals surface area contributed by atoms with Crippen LogP contribution in [0.15, 0.2) is 17.0 Å². The van der Waals surface area contributed by atoms with Gasteiger partial charge in [-0.2, -0.15) is 4.31 Å². The maximum absolute atomic E-state index is 12.9. The van der Waals surface area contributed by atoms with E-state index in [1.54, 1.807) is 10.4 Å². The first-order chi connectivity index (χ1) is 9.25. The normalized spacial score (nSPS) is 24.8. The summed E-state index contributed by atoms with van der Waals surface area (Å²) in [6.45, 7) is 5.70. The largest absolute Gasteiger partial charge is 0.398 e. The van der Waals surface area contributed by atoms with E-state index in [0.29, 0.717) is 5.69 Å². The van der Waals surface area contributed by atoms with Gasteiger partial charge in [0.05, 0.1) is 5.02 Å². The molecule has 0 bridgehead atoms. The van der Waals surface area contributed by atoms with Crippen molar-refractivity contribution in [2.24, 2.45) is 0 Å². The summed E-state index contributed by atoms with van der Waals surface area (Å²) in [7, 11) is -3.61. The van der Waals surface area contributed by atoms with E-state index in [0.717, 1.165) is 24.8 Å². The van der Waals surface area contributed by atoms with Crippen molar-refractivity contribution in [2.75, 3.05) is 5.73 Å². The van der Waals surface area contributed by atoms with Crippen LogP contribution in [0.5, 0.6) is 0 Å². The standard InChI is InChI=1S/C14H21ClN2O2S/c1-9-7-12(15)14(8-13(9)16)20(18,19)17-10(2)5-4-6-11(17)3/h7-8,10-11H,4-6,16H2,1-3H3. The molecule has 2 atom stereocenters. The molecule has 20 heavy (non-hydrogen) atoms. The number of piperidine rings is 1. The Bertz CT molecular complexity index is 606. The molecule has 1 aromatic carbocycles. The molecule has 0 aromatic heterocycles. The molecule has 1 heterocycles. The molecule has 112 valence electrons. The number of nitrogens with two attached hydrogens (primary N) is 1. The summed E-state index contributed by atoms with van der Waals surface area (Å²) in [6, 6.07) is 3.06. The van der Waals surface area contributed by atoms with Gasteiger partial charge in [0.2, 0.25) is 10.0 Å². The van der Waals surface area contributed by atoms with Gasteiger partial charge in [-0.3, -0.25) is 0 Å². The number of nitrogens with zero attached hydrogens (tertiary/aromatic N) is 1. The van der Waals surface area contributed by atoms with Gasteiger partial charge in [0, 0.05) is 17.8 Å². The molecular formula is C14H21ClN2O2S. The molecule has 0 amide bonds. The first-order valence-electron chi connectivity index (χ1n) is 6.84. The van der Waals surface area contributed by atoms with Crippen molar-refractivity contribution in [3.8, 4) is 0 Å². The molecule has 1 aromatic rings. The summed E-state index contributed by atoms with van der Waals surface area (Å²) in [4.78, 5) is 0.114. The van der Waals surface area contributed by atoms with Crippen LogP contribution >= 0.6 is 11.6 Å². The number of hydrogen-bond acceptors (Lipinski definition) is 3. The molecule has 1 fully saturated rings. The predicted octanol–water partition coefficient (Wildman–Crippen LogP) is 3.18. The van der Waals surface area contributed by atoms with E-state index in [-0.39, 0.29) is 22.0 Å². The van der Waals surface area contributed by atoms with E-state index in [2.05, 4.69) is 0 Å². The summed E-state index contributed by atoms with van der Waals surface area (Å²) in [5, 5.41) is 0.238. The van der Waals surface area contributed by atoms with Gasteiger partial charge in [-0.15, -0.1) is 0 Å². The lowest BCUT2D eigenvalue weighted by atomic mass is 10.0. The number of aryl methyl sites for hydroxylation is 1. The van der Waals surface area contributed by atoms with Gasteiger partial charge in [0.25, 0.3) is 0 Å². The lowest BCUT2D eigenvalue weighted by Gasteiger charge is -2.37. The fraction of sp³-hybridized carbons (Fsp3) is 0.571. The van der Waals surface area contributed by atoms with Crippen LogP contribution in [0.2, 0.25) is 5.02 Å². The molecule has 1 aliphatic heterocycles. The van der Waals surface area contributed by atoms with Crippen LogP contribution < -0.4 is 5.73 Å². The Kier molecular flexibility index (Phi) is 4.33. The van der Waals surface area contributed by atoms with Crippen molar-refractivity contribution < 1.29 is 8.42 Å². The molecule has 4 nitrogen and oxygen atoms in total. The number of anilines is 1. The zero-order valence-corrected chi connectivity index (χ0v) is 13.6. The van der Waals surface area contributed by atoms with Crippen molar-refractivity contribution >= 4 is 27.3 Å². The SMILES string of the molecule is Cc1cc(Cl)c(S(=O)(=O)N2C(C)CCCC2C)cc1N. The van der Waals surface area contributed by atoms with Gasteiger partial charge in [0.1, 0.15) is 4.90 Å². The molecule has 2 rings (SSSR count). The van der Waals surface area contributed by atoms with E-state index in [1.165, 1.54) is 6.07 Å². The fourth-order valence-corrected chi connectivity index (χ4v) is 5.33. The van der Waals surface area contributed by atoms with Crippen LogP contribution in [0.25, 0.3) is 0 Å². The second-order valence-corrected chi connectivity index (χ2v) is 7.82. The van der Waals surface area contributed by atoms with Crippen LogP contribution in [0.1, 0.15) is 38.7 Å². The van der Waals surface area contributed by atoms with Crippen LogP contribution in [-0.4, -0.2) is 24.8 Å². The third-order valence-corrected chi connectivity index (χ3v) is 6.58. The summed E-state index contributed by atoms with van der Waals surface area (Å²) in [6.07, 6.45) is 2.81. The van der Waals surface area contributed by atoms with Gasteiger partial charge in [-0.25, -0.2) is 8.42 Å². The number of nitrogen functional groups attached to an aromatic ring is 1. The smallest absolute Gasteiger partial charge is 0.245 e. The Labute approximate surface area is 126 Å². The highest BCUT2D eigenvalue weighted by atomic mass is 35.5. The first-order valence-corrected chi connectivity index (χ1v) is 8.66. The molecule has 2 unspecified atom stereocenters. The van der Waals surface area contributed by atoms with Gasteiger partial charge in [-0.05, 0) is 51.3 Å². The molecule has 0 aliphatic carbocycles. The maximum Gasteiger partial charge on any atom is 0.245 e. The Morgan fingerprint density at radius 3 is 2.35 bits per heavy atom. The highest BCUT2D eigenvalue weighted by Gasteiger charge is 2.36.